The van der Waals surface area contributed by atoms with Crippen molar-refractivity contribution in [1.29, 1.82) is 0 Å². The standard InChI is InChI=1S/C15H14BrF2N/c1-15(19,11-5-7-12(16)8-6-11)9-10-3-2-4-13(17)14(10)18/h2-8H,9,19H2,1H3. The van der Waals surface area contributed by atoms with Crippen LogP contribution in [0.2, 0.25) is 0 Å². The van der Waals surface area contributed by atoms with Crippen molar-refractivity contribution in [3.8, 4) is 0 Å². The SMILES string of the molecule is CC(N)(Cc1cccc(F)c1F)c1ccc(Br)cc1. The molecule has 2 N–H and O–H groups in total. The van der Waals surface area contributed by atoms with E-state index < -0.39 is 17.2 Å². The summed E-state index contributed by atoms with van der Waals surface area (Å²) >= 11 is 3.35. The van der Waals surface area contributed by atoms with E-state index in [1.165, 1.54) is 6.07 Å². The van der Waals surface area contributed by atoms with Gasteiger partial charge in [-0.05, 0) is 42.7 Å². The first-order valence-electron chi connectivity index (χ1n) is 5.88. The second-order valence-electron chi connectivity index (χ2n) is 4.81. The number of nitrogens with two attached hydrogens (primary N) is 1. The predicted octanol–water partition coefficient (Wildman–Crippen LogP) is 4.14. The number of hydrogen-bond acceptors (Lipinski definition) is 1. The van der Waals surface area contributed by atoms with Crippen molar-refractivity contribution < 1.29 is 8.78 Å². The summed E-state index contributed by atoms with van der Waals surface area (Å²) in [5.74, 6) is -1.67. The Morgan fingerprint density at radius 3 is 2.37 bits per heavy atom. The first-order valence-corrected chi connectivity index (χ1v) is 6.67. The highest BCUT2D eigenvalue weighted by Gasteiger charge is 2.24. The summed E-state index contributed by atoms with van der Waals surface area (Å²) in [6, 6.07) is 11.7. The van der Waals surface area contributed by atoms with E-state index in [0.717, 1.165) is 16.1 Å². The van der Waals surface area contributed by atoms with E-state index in [1.54, 1.807) is 13.0 Å². The lowest BCUT2D eigenvalue weighted by Gasteiger charge is -2.25. The summed E-state index contributed by atoms with van der Waals surface area (Å²) in [4.78, 5) is 0. The molecule has 0 heterocycles. The first-order chi connectivity index (χ1) is 8.90. The van der Waals surface area contributed by atoms with Crippen molar-refractivity contribution in [3.63, 3.8) is 0 Å². The van der Waals surface area contributed by atoms with Crippen LogP contribution in [0.1, 0.15) is 18.1 Å². The summed E-state index contributed by atoms with van der Waals surface area (Å²) < 4.78 is 27.8. The Labute approximate surface area is 119 Å². The predicted molar refractivity (Wildman–Crippen MR) is 75.7 cm³/mol. The molecule has 1 unspecified atom stereocenters. The number of benzene rings is 2. The molecule has 0 aliphatic rings. The normalized spacial score (nSPS) is 14.2. The van der Waals surface area contributed by atoms with E-state index in [4.69, 9.17) is 5.73 Å². The molecule has 0 aliphatic carbocycles. The van der Waals surface area contributed by atoms with Gasteiger partial charge in [0, 0.05) is 10.0 Å². The van der Waals surface area contributed by atoms with Crippen LogP contribution in [0.25, 0.3) is 0 Å². The van der Waals surface area contributed by atoms with Crippen LogP contribution >= 0.6 is 15.9 Å². The molecule has 0 fully saturated rings. The molecule has 2 rings (SSSR count). The van der Waals surface area contributed by atoms with Gasteiger partial charge in [0.2, 0.25) is 0 Å². The molecule has 1 atom stereocenters. The maximum Gasteiger partial charge on any atom is 0.162 e. The van der Waals surface area contributed by atoms with Crippen LogP contribution in [-0.2, 0) is 12.0 Å². The molecular weight excluding hydrogens is 312 g/mol. The van der Waals surface area contributed by atoms with Crippen molar-refractivity contribution in [3.05, 3.63) is 69.7 Å². The quantitative estimate of drug-likeness (QED) is 0.901. The average molecular weight is 326 g/mol. The third-order valence-corrected chi connectivity index (χ3v) is 3.62. The second kappa shape index (κ2) is 5.39. The smallest absolute Gasteiger partial charge is 0.162 e. The zero-order valence-electron chi connectivity index (χ0n) is 10.5. The molecule has 100 valence electrons. The number of halogens is 3. The van der Waals surface area contributed by atoms with Crippen molar-refractivity contribution in [2.24, 2.45) is 5.73 Å². The van der Waals surface area contributed by atoms with Crippen molar-refractivity contribution in [1.82, 2.24) is 0 Å². The molecule has 0 saturated carbocycles. The Morgan fingerprint density at radius 2 is 1.74 bits per heavy atom. The minimum atomic E-state index is -0.843. The van der Waals surface area contributed by atoms with Crippen molar-refractivity contribution >= 4 is 15.9 Å². The van der Waals surface area contributed by atoms with Gasteiger partial charge in [-0.15, -0.1) is 0 Å². The zero-order chi connectivity index (χ0) is 14.0. The fourth-order valence-corrected chi connectivity index (χ4v) is 2.28. The molecule has 19 heavy (non-hydrogen) atoms. The van der Waals surface area contributed by atoms with Gasteiger partial charge in [-0.1, -0.05) is 40.2 Å². The Morgan fingerprint density at radius 1 is 1.11 bits per heavy atom. The highest BCUT2D eigenvalue weighted by atomic mass is 79.9. The lowest BCUT2D eigenvalue weighted by molar-refractivity contribution is 0.453. The van der Waals surface area contributed by atoms with E-state index in [0.29, 0.717) is 0 Å². The van der Waals surface area contributed by atoms with Gasteiger partial charge < -0.3 is 5.73 Å². The summed E-state index contributed by atoms with van der Waals surface area (Å²) in [5.41, 5.74) is 6.64. The zero-order valence-corrected chi connectivity index (χ0v) is 12.0. The van der Waals surface area contributed by atoms with Crippen LogP contribution in [0.15, 0.2) is 46.9 Å². The molecule has 0 amide bonds. The Balaban J connectivity index is 2.30. The molecule has 0 aliphatic heterocycles. The van der Waals surface area contributed by atoms with Gasteiger partial charge >= 0.3 is 0 Å². The topological polar surface area (TPSA) is 26.0 Å². The minimum Gasteiger partial charge on any atom is -0.321 e. The first kappa shape index (κ1) is 14.2. The van der Waals surface area contributed by atoms with Crippen LogP contribution < -0.4 is 5.73 Å². The van der Waals surface area contributed by atoms with Crippen LogP contribution in [0.5, 0.6) is 0 Å². The summed E-state index contributed by atoms with van der Waals surface area (Å²) in [7, 11) is 0. The van der Waals surface area contributed by atoms with Crippen LogP contribution in [-0.4, -0.2) is 0 Å². The molecule has 0 bridgehead atoms. The molecule has 0 radical (unpaired) electrons. The largest absolute Gasteiger partial charge is 0.321 e. The van der Waals surface area contributed by atoms with E-state index in [9.17, 15) is 8.78 Å². The maximum absolute atomic E-state index is 13.7. The van der Waals surface area contributed by atoms with Gasteiger partial charge in [0.15, 0.2) is 11.6 Å². The third kappa shape index (κ3) is 3.19. The molecule has 2 aromatic rings. The third-order valence-electron chi connectivity index (χ3n) is 3.09. The van der Waals surface area contributed by atoms with Crippen LogP contribution in [0.4, 0.5) is 8.78 Å². The maximum atomic E-state index is 13.7. The lowest BCUT2D eigenvalue weighted by atomic mass is 9.86. The Bertz CT molecular complexity index is 579. The van der Waals surface area contributed by atoms with E-state index in [2.05, 4.69) is 15.9 Å². The van der Waals surface area contributed by atoms with Crippen LogP contribution in [0.3, 0.4) is 0 Å². The highest BCUT2D eigenvalue weighted by molar-refractivity contribution is 9.10. The highest BCUT2D eigenvalue weighted by Crippen LogP contribution is 2.26. The molecular formula is C15H14BrF2N. The molecule has 0 spiro atoms. The molecule has 4 heteroatoms. The fraction of sp³-hybridized carbons (Fsp3) is 0.200. The van der Waals surface area contributed by atoms with Gasteiger partial charge in [-0.2, -0.15) is 0 Å². The van der Waals surface area contributed by atoms with Gasteiger partial charge in [0.25, 0.3) is 0 Å². The average Bonchev–Trinajstić information content (AvgIpc) is 2.35. The molecule has 2 aromatic carbocycles. The van der Waals surface area contributed by atoms with E-state index in [1.807, 2.05) is 24.3 Å². The van der Waals surface area contributed by atoms with E-state index in [-0.39, 0.29) is 12.0 Å². The fourth-order valence-electron chi connectivity index (χ4n) is 2.01. The minimum absolute atomic E-state index is 0.234. The molecule has 0 aromatic heterocycles. The number of rotatable bonds is 3. The van der Waals surface area contributed by atoms with Gasteiger partial charge in [-0.25, -0.2) is 8.78 Å². The summed E-state index contributed by atoms with van der Waals surface area (Å²) in [5, 5.41) is 0. The van der Waals surface area contributed by atoms with Crippen molar-refractivity contribution in [2.75, 3.05) is 0 Å². The van der Waals surface area contributed by atoms with Gasteiger partial charge in [0.1, 0.15) is 0 Å². The van der Waals surface area contributed by atoms with E-state index >= 15 is 0 Å². The Kier molecular flexibility index (Phi) is 4.02. The monoisotopic (exact) mass is 325 g/mol. The summed E-state index contributed by atoms with van der Waals surface area (Å²) in [6.45, 7) is 1.81. The molecule has 1 nitrogen and oxygen atoms in total. The van der Waals surface area contributed by atoms with Crippen molar-refractivity contribution in [2.45, 2.75) is 18.9 Å². The van der Waals surface area contributed by atoms with Gasteiger partial charge in [-0.3, -0.25) is 0 Å². The van der Waals surface area contributed by atoms with Crippen LogP contribution in [0, 0.1) is 11.6 Å². The number of hydrogen-bond donors (Lipinski definition) is 1. The lowest BCUT2D eigenvalue weighted by Crippen LogP contribution is -2.35. The van der Waals surface area contributed by atoms with Gasteiger partial charge in [0.05, 0.1) is 0 Å². The Hall–Kier alpha value is -1.26. The molecule has 0 saturated heterocycles. The second-order valence-corrected chi connectivity index (χ2v) is 5.73. The summed E-state index contributed by atoms with van der Waals surface area (Å²) in [6.07, 6.45) is 0.234.